The van der Waals surface area contributed by atoms with Crippen LogP contribution in [0.25, 0.3) is 25.7 Å². The predicted octanol–water partition coefficient (Wildman–Crippen LogP) is 8.74. The van der Waals surface area contributed by atoms with Crippen molar-refractivity contribution in [2.45, 2.75) is 33.6 Å². The lowest BCUT2D eigenvalue weighted by Gasteiger charge is -2.22. The average molecular weight is 422 g/mol. The van der Waals surface area contributed by atoms with Gasteiger partial charge in [0.25, 0.3) is 0 Å². The molecule has 31 heavy (non-hydrogen) atoms. The Bertz CT molecular complexity index is 1400. The second-order valence-corrected chi connectivity index (χ2v) is 9.16. The Hall–Kier alpha value is -3.10. The first-order valence-electron chi connectivity index (χ1n) is 11.1. The fraction of sp³-hybridized carbons (Fsp3) is 0.172. The molecule has 6 rings (SSSR count). The number of aryl methyl sites for hydroxylation is 2. The highest BCUT2D eigenvalue weighted by Crippen LogP contribution is 2.42. The Balaban J connectivity index is 0.000000994. The summed E-state index contributed by atoms with van der Waals surface area (Å²) < 4.78 is 2.75. The first-order chi connectivity index (χ1) is 15.2. The molecule has 3 aromatic carbocycles. The van der Waals surface area contributed by atoms with Gasteiger partial charge in [-0.3, -0.25) is 0 Å². The molecule has 2 bridgehead atoms. The van der Waals surface area contributed by atoms with Crippen LogP contribution < -0.4 is 5.32 Å². The molecule has 0 amide bonds. The summed E-state index contributed by atoms with van der Waals surface area (Å²) in [6, 6.07) is 20.1. The van der Waals surface area contributed by atoms with Gasteiger partial charge in [-0.15, -0.1) is 11.3 Å². The Morgan fingerprint density at radius 3 is 2.48 bits per heavy atom. The molecule has 1 aromatic heterocycles. The third kappa shape index (κ3) is 3.41. The Labute approximate surface area is 188 Å². The molecule has 2 heterocycles. The molecule has 1 nitrogen and oxygen atoms in total. The van der Waals surface area contributed by atoms with Crippen molar-refractivity contribution in [3.63, 3.8) is 0 Å². The number of hydrogen-bond acceptors (Lipinski definition) is 2. The molecule has 1 aliphatic heterocycles. The van der Waals surface area contributed by atoms with Gasteiger partial charge in [-0.2, -0.15) is 0 Å². The van der Waals surface area contributed by atoms with Crippen LogP contribution in [0.4, 0.5) is 5.69 Å². The molecule has 0 saturated carbocycles. The molecule has 0 saturated heterocycles. The Morgan fingerprint density at radius 1 is 0.806 bits per heavy atom. The van der Waals surface area contributed by atoms with Crippen LogP contribution in [0.3, 0.4) is 0 Å². The maximum atomic E-state index is 3.56. The summed E-state index contributed by atoms with van der Waals surface area (Å²) in [5.41, 5.74) is 9.00. The van der Waals surface area contributed by atoms with Crippen LogP contribution in [-0.4, -0.2) is 0 Å². The molecule has 1 unspecified atom stereocenters. The van der Waals surface area contributed by atoms with Crippen molar-refractivity contribution in [1.82, 2.24) is 0 Å². The zero-order valence-corrected chi connectivity index (χ0v) is 19.3. The monoisotopic (exact) mass is 421 g/mol. The third-order valence-corrected chi connectivity index (χ3v) is 7.16. The maximum absolute atomic E-state index is 3.56. The molecule has 1 N–H and O–H groups in total. The summed E-state index contributed by atoms with van der Waals surface area (Å²) >= 11 is 1.91. The van der Waals surface area contributed by atoms with Gasteiger partial charge in [0.05, 0.1) is 0 Å². The minimum absolute atomic E-state index is 0.291. The lowest BCUT2D eigenvalue weighted by molar-refractivity contribution is 1.05. The van der Waals surface area contributed by atoms with Gasteiger partial charge < -0.3 is 5.32 Å². The van der Waals surface area contributed by atoms with E-state index in [4.69, 9.17) is 0 Å². The second-order valence-electron chi connectivity index (χ2n) is 8.11. The van der Waals surface area contributed by atoms with Gasteiger partial charge in [0.15, 0.2) is 0 Å². The first-order valence-corrected chi connectivity index (χ1v) is 11.9. The summed E-state index contributed by atoms with van der Waals surface area (Å²) in [7, 11) is 0. The van der Waals surface area contributed by atoms with Gasteiger partial charge in [0, 0.05) is 37.5 Å². The van der Waals surface area contributed by atoms with Crippen molar-refractivity contribution in [3.05, 3.63) is 107 Å². The van der Waals surface area contributed by atoms with E-state index in [1.165, 1.54) is 59.4 Å². The minimum atomic E-state index is 0.291. The van der Waals surface area contributed by atoms with Crippen LogP contribution in [0.2, 0.25) is 0 Å². The summed E-state index contributed by atoms with van der Waals surface area (Å²) in [4.78, 5) is 0. The second kappa shape index (κ2) is 7.86. The molecule has 1 aliphatic carbocycles. The molecule has 1 atom stereocenters. The van der Waals surface area contributed by atoms with Crippen LogP contribution in [0.1, 0.15) is 42.0 Å². The van der Waals surface area contributed by atoms with E-state index in [0.717, 1.165) is 0 Å². The van der Waals surface area contributed by atoms with Gasteiger partial charge in [0.1, 0.15) is 0 Å². The van der Waals surface area contributed by atoms with Crippen molar-refractivity contribution in [1.29, 1.82) is 0 Å². The van der Waals surface area contributed by atoms with Crippen LogP contribution in [-0.2, 0) is 0 Å². The SMILES string of the molecule is CC.Cc1ccc2sc3c(C4=CC5C=C(C=C4)Nc4ccccc45)cc(C)cc3c2c1. The topological polar surface area (TPSA) is 12.0 Å². The number of benzene rings is 3. The maximum Gasteiger partial charge on any atom is 0.0433 e. The summed E-state index contributed by atoms with van der Waals surface area (Å²) in [6.45, 7) is 8.38. The summed E-state index contributed by atoms with van der Waals surface area (Å²) in [5, 5.41) is 6.31. The van der Waals surface area contributed by atoms with E-state index >= 15 is 0 Å². The molecule has 4 aromatic rings. The number of fused-ring (bicyclic) bond motifs is 6. The molecule has 0 radical (unpaired) electrons. The quantitative estimate of drug-likeness (QED) is 0.324. The van der Waals surface area contributed by atoms with Crippen LogP contribution in [0.5, 0.6) is 0 Å². The van der Waals surface area contributed by atoms with E-state index in [1.54, 1.807) is 0 Å². The molecule has 0 spiro atoms. The van der Waals surface area contributed by atoms with Crippen molar-refractivity contribution in [3.8, 4) is 0 Å². The summed E-state index contributed by atoms with van der Waals surface area (Å²) in [6.07, 6.45) is 9.24. The van der Waals surface area contributed by atoms with Crippen LogP contribution in [0.15, 0.2) is 84.6 Å². The van der Waals surface area contributed by atoms with E-state index in [-0.39, 0.29) is 0 Å². The number of anilines is 1. The number of thiophene rings is 1. The van der Waals surface area contributed by atoms with E-state index < -0.39 is 0 Å². The highest BCUT2D eigenvalue weighted by Gasteiger charge is 2.21. The smallest absolute Gasteiger partial charge is 0.0433 e. The number of rotatable bonds is 1. The van der Waals surface area contributed by atoms with Gasteiger partial charge in [-0.1, -0.05) is 55.8 Å². The fourth-order valence-electron chi connectivity index (χ4n) is 4.58. The van der Waals surface area contributed by atoms with Crippen molar-refractivity contribution in [2.24, 2.45) is 0 Å². The minimum Gasteiger partial charge on any atom is -0.356 e. The van der Waals surface area contributed by atoms with Crippen LogP contribution in [0, 0.1) is 13.8 Å². The molecule has 154 valence electrons. The number of para-hydroxylation sites is 1. The summed E-state index contributed by atoms with van der Waals surface area (Å²) in [5.74, 6) is 0.291. The van der Waals surface area contributed by atoms with E-state index in [2.05, 4.69) is 98.1 Å². The standard InChI is InChI=1S/C27H21NS.C2H6/c1-16-7-10-26-23(11-16)24-13-17(2)12-22(27(24)29-26)18-8-9-20-15-19(14-18)21-5-3-4-6-25(21)28-20;1-2/h3-15,19,28H,1-2H3;1-2H3. The lowest BCUT2D eigenvalue weighted by atomic mass is 9.91. The van der Waals surface area contributed by atoms with Crippen molar-refractivity contribution in [2.75, 3.05) is 5.32 Å². The number of allylic oxidation sites excluding steroid dienone is 5. The third-order valence-electron chi connectivity index (χ3n) is 5.94. The largest absolute Gasteiger partial charge is 0.356 e. The highest BCUT2D eigenvalue weighted by atomic mass is 32.1. The van der Waals surface area contributed by atoms with Crippen molar-refractivity contribution < 1.29 is 0 Å². The molecule has 0 fully saturated rings. The normalized spacial score (nSPS) is 16.6. The molecule has 2 aliphatic rings. The Morgan fingerprint density at radius 2 is 1.61 bits per heavy atom. The van der Waals surface area contributed by atoms with Crippen molar-refractivity contribution >= 4 is 42.8 Å². The van der Waals surface area contributed by atoms with E-state index in [0.29, 0.717) is 5.92 Å². The zero-order chi connectivity index (χ0) is 21.5. The van der Waals surface area contributed by atoms with Gasteiger partial charge in [0.2, 0.25) is 0 Å². The highest BCUT2D eigenvalue weighted by molar-refractivity contribution is 7.26. The first kappa shape index (κ1) is 19.8. The lowest BCUT2D eigenvalue weighted by Crippen LogP contribution is -2.08. The van der Waals surface area contributed by atoms with Gasteiger partial charge in [-0.25, -0.2) is 0 Å². The number of nitrogens with one attached hydrogen (secondary N) is 1. The molecular formula is C29H27NS. The van der Waals surface area contributed by atoms with E-state index in [1.807, 2.05) is 25.2 Å². The zero-order valence-electron chi connectivity index (χ0n) is 18.5. The Kier molecular flexibility index (Phi) is 5.03. The fourth-order valence-corrected chi connectivity index (χ4v) is 5.78. The average Bonchev–Trinajstić information content (AvgIpc) is 3.05. The predicted molar refractivity (Wildman–Crippen MR) is 138 cm³/mol. The van der Waals surface area contributed by atoms with Gasteiger partial charge >= 0.3 is 0 Å². The van der Waals surface area contributed by atoms with Gasteiger partial charge in [-0.05, 0) is 78.6 Å². The van der Waals surface area contributed by atoms with E-state index in [9.17, 15) is 0 Å². The van der Waals surface area contributed by atoms with Crippen LogP contribution >= 0.6 is 11.3 Å². The number of hydrogen-bond donors (Lipinski definition) is 1. The molecule has 2 heteroatoms. The molecular weight excluding hydrogens is 394 g/mol.